The maximum absolute atomic E-state index is 14.1. The summed E-state index contributed by atoms with van der Waals surface area (Å²) in [5.41, 5.74) is -0.214. The number of sulfonamides is 1. The summed E-state index contributed by atoms with van der Waals surface area (Å²) >= 11 is 0. The number of hydrogen-bond donors (Lipinski definition) is 2. The normalized spacial score (nSPS) is 11.3. The predicted molar refractivity (Wildman–Crippen MR) is 110 cm³/mol. The number of nitro benzene ring substituents is 1. The average Bonchev–Trinajstić information content (AvgIpc) is 2.72. The third kappa shape index (κ3) is 5.30. The molecule has 0 saturated heterocycles. The quantitative estimate of drug-likeness (QED) is 0.334. The first-order valence-corrected chi connectivity index (χ1v) is 10.7. The number of anilines is 1. The number of rotatable bonds is 10. The summed E-state index contributed by atoms with van der Waals surface area (Å²) in [6, 6.07) is 9.11. The molecule has 0 spiro atoms. The molecular formula is C19H23FN4O5S. The van der Waals surface area contributed by atoms with Crippen LogP contribution >= 0.6 is 0 Å². The first kappa shape index (κ1) is 23.2. The summed E-state index contributed by atoms with van der Waals surface area (Å²) < 4.78 is 40.5. The lowest BCUT2D eigenvalue weighted by atomic mass is 10.2. The van der Waals surface area contributed by atoms with E-state index in [9.17, 15) is 27.7 Å². The van der Waals surface area contributed by atoms with Crippen molar-refractivity contribution in [1.29, 1.82) is 0 Å². The minimum Gasteiger partial charge on any atom is -0.378 e. The lowest BCUT2D eigenvalue weighted by Gasteiger charge is -2.19. The maximum Gasteiger partial charge on any atom is 0.292 e. The van der Waals surface area contributed by atoms with Crippen molar-refractivity contribution in [2.45, 2.75) is 18.7 Å². The molecular weight excluding hydrogens is 415 g/mol. The van der Waals surface area contributed by atoms with Crippen molar-refractivity contribution in [1.82, 2.24) is 9.62 Å². The van der Waals surface area contributed by atoms with E-state index in [-0.39, 0.29) is 42.4 Å². The molecule has 30 heavy (non-hydrogen) atoms. The van der Waals surface area contributed by atoms with Crippen LogP contribution in [0.2, 0.25) is 0 Å². The minimum absolute atomic E-state index is 0.0390. The van der Waals surface area contributed by atoms with Crippen molar-refractivity contribution in [3.05, 3.63) is 64.0 Å². The van der Waals surface area contributed by atoms with Crippen molar-refractivity contribution in [3.8, 4) is 0 Å². The first-order chi connectivity index (χ1) is 14.2. The van der Waals surface area contributed by atoms with Gasteiger partial charge in [0.05, 0.1) is 15.4 Å². The third-order valence-electron chi connectivity index (χ3n) is 4.35. The number of carbonyl (C=O) groups is 1. The molecule has 0 saturated carbocycles. The summed E-state index contributed by atoms with van der Waals surface area (Å²) in [5, 5.41) is 16.3. The molecule has 2 N–H and O–H groups in total. The van der Waals surface area contributed by atoms with Crippen molar-refractivity contribution in [3.63, 3.8) is 0 Å². The average molecular weight is 438 g/mol. The van der Waals surface area contributed by atoms with Gasteiger partial charge in [-0.05, 0) is 24.3 Å². The van der Waals surface area contributed by atoms with Gasteiger partial charge >= 0.3 is 0 Å². The predicted octanol–water partition coefficient (Wildman–Crippen LogP) is 2.61. The Bertz CT molecular complexity index is 1030. The van der Waals surface area contributed by atoms with E-state index in [0.29, 0.717) is 0 Å². The van der Waals surface area contributed by atoms with Gasteiger partial charge in [-0.25, -0.2) is 12.8 Å². The van der Waals surface area contributed by atoms with E-state index >= 15 is 0 Å². The molecule has 2 aromatic carbocycles. The molecule has 2 rings (SSSR count). The number of para-hydroxylation sites is 2. The standard InChI is InChI=1S/C19H23FN4O5S/c1-3-23(4-2)30(28,29)14-9-10-16(20)15(13-14)19(25)22-12-11-21-17-7-5-6-8-18(17)24(26)27/h5-10,13,21H,3-4,11-12H2,1-2H3,(H,22,25). The van der Waals surface area contributed by atoms with Gasteiger partial charge in [0.25, 0.3) is 11.6 Å². The largest absolute Gasteiger partial charge is 0.378 e. The number of nitro groups is 1. The molecule has 11 heteroatoms. The van der Waals surface area contributed by atoms with E-state index < -0.39 is 32.2 Å². The van der Waals surface area contributed by atoms with Crippen LogP contribution < -0.4 is 10.6 Å². The molecule has 9 nitrogen and oxygen atoms in total. The van der Waals surface area contributed by atoms with Crippen LogP contribution in [0.5, 0.6) is 0 Å². The molecule has 0 unspecified atom stereocenters. The summed E-state index contributed by atoms with van der Waals surface area (Å²) in [7, 11) is -3.84. The van der Waals surface area contributed by atoms with Crippen LogP contribution in [0.4, 0.5) is 15.8 Å². The van der Waals surface area contributed by atoms with Crippen LogP contribution in [0.1, 0.15) is 24.2 Å². The minimum atomic E-state index is -3.84. The molecule has 0 aliphatic rings. The lowest BCUT2D eigenvalue weighted by Crippen LogP contribution is -2.32. The fourth-order valence-electron chi connectivity index (χ4n) is 2.80. The van der Waals surface area contributed by atoms with Crippen LogP contribution in [0.25, 0.3) is 0 Å². The van der Waals surface area contributed by atoms with Gasteiger partial charge in [-0.2, -0.15) is 4.31 Å². The number of carbonyl (C=O) groups excluding carboxylic acids is 1. The van der Waals surface area contributed by atoms with Gasteiger partial charge < -0.3 is 10.6 Å². The van der Waals surface area contributed by atoms with Crippen LogP contribution in [-0.2, 0) is 10.0 Å². The van der Waals surface area contributed by atoms with Gasteiger partial charge in [-0.15, -0.1) is 0 Å². The van der Waals surface area contributed by atoms with Gasteiger partial charge in [0, 0.05) is 32.2 Å². The molecule has 0 aliphatic heterocycles. The SMILES string of the molecule is CCN(CC)S(=O)(=O)c1ccc(F)c(C(=O)NCCNc2ccccc2[N+](=O)[O-])c1. The highest BCUT2D eigenvalue weighted by atomic mass is 32.2. The zero-order valence-electron chi connectivity index (χ0n) is 16.6. The number of halogens is 1. The first-order valence-electron chi connectivity index (χ1n) is 9.27. The summed E-state index contributed by atoms with van der Waals surface area (Å²) in [6.45, 7) is 4.04. The molecule has 162 valence electrons. The number of benzene rings is 2. The molecule has 0 radical (unpaired) electrons. The number of amides is 1. The molecule has 0 atom stereocenters. The van der Waals surface area contributed by atoms with Gasteiger partial charge in [-0.3, -0.25) is 14.9 Å². The zero-order chi connectivity index (χ0) is 22.3. The molecule has 0 aliphatic carbocycles. The highest BCUT2D eigenvalue weighted by Gasteiger charge is 2.24. The second-order valence-corrected chi connectivity index (χ2v) is 8.13. The Balaban J connectivity index is 2.07. The summed E-state index contributed by atoms with van der Waals surface area (Å²) in [5.74, 6) is -1.63. The Morgan fingerprint density at radius 1 is 1.13 bits per heavy atom. The zero-order valence-corrected chi connectivity index (χ0v) is 17.4. The number of nitrogens with one attached hydrogen (secondary N) is 2. The van der Waals surface area contributed by atoms with Gasteiger partial charge in [0.1, 0.15) is 11.5 Å². The van der Waals surface area contributed by atoms with Gasteiger partial charge in [0.2, 0.25) is 10.0 Å². The Labute approximate surface area is 174 Å². The Morgan fingerprint density at radius 2 is 1.80 bits per heavy atom. The second-order valence-electron chi connectivity index (χ2n) is 6.19. The highest BCUT2D eigenvalue weighted by Crippen LogP contribution is 2.22. The van der Waals surface area contributed by atoms with Crippen molar-refractivity contribution < 1.29 is 22.5 Å². The van der Waals surface area contributed by atoms with Gasteiger partial charge in [0.15, 0.2) is 0 Å². The van der Waals surface area contributed by atoms with E-state index in [4.69, 9.17) is 0 Å². The Morgan fingerprint density at radius 3 is 2.43 bits per heavy atom. The molecule has 0 bridgehead atoms. The van der Waals surface area contributed by atoms with E-state index in [1.165, 1.54) is 22.5 Å². The monoisotopic (exact) mass is 438 g/mol. The van der Waals surface area contributed by atoms with Crippen molar-refractivity contribution in [2.24, 2.45) is 0 Å². The molecule has 0 aromatic heterocycles. The summed E-state index contributed by atoms with van der Waals surface area (Å²) in [4.78, 5) is 22.6. The van der Waals surface area contributed by atoms with Crippen molar-refractivity contribution in [2.75, 3.05) is 31.5 Å². The fraction of sp³-hybridized carbons (Fsp3) is 0.316. The van der Waals surface area contributed by atoms with Crippen molar-refractivity contribution >= 4 is 27.3 Å². The van der Waals surface area contributed by atoms with Gasteiger partial charge in [-0.1, -0.05) is 26.0 Å². The van der Waals surface area contributed by atoms with Crippen LogP contribution in [-0.4, -0.2) is 49.7 Å². The highest BCUT2D eigenvalue weighted by molar-refractivity contribution is 7.89. The van der Waals surface area contributed by atoms with E-state index in [2.05, 4.69) is 10.6 Å². The fourth-order valence-corrected chi connectivity index (χ4v) is 4.29. The van der Waals surface area contributed by atoms with Crippen LogP contribution in [0.3, 0.4) is 0 Å². The Hall–Kier alpha value is -3.05. The topological polar surface area (TPSA) is 122 Å². The third-order valence-corrected chi connectivity index (χ3v) is 6.40. The van der Waals surface area contributed by atoms with Crippen LogP contribution in [0.15, 0.2) is 47.4 Å². The molecule has 0 heterocycles. The van der Waals surface area contributed by atoms with E-state index in [0.717, 1.165) is 18.2 Å². The molecule has 0 fully saturated rings. The maximum atomic E-state index is 14.1. The molecule has 1 amide bonds. The smallest absolute Gasteiger partial charge is 0.292 e. The van der Waals surface area contributed by atoms with E-state index in [1.54, 1.807) is 19.9 Å². The second kappa shape index (κ2) is 10.1. The summed E-state index contributed by atoms with van der Waals surface area (Å²) in [6.07, 6.45) is 0. The lowest BCUT2D eigenvalue weighted by molar-refractivity contribution is -0.384. The molecule has 2 aromatic rings. The number of nitrogens with zero attached hydrogens (tertiary/aromatic N) is 2. The number of hydrogen-bond acceptors (Lipinski definition) is 6. The van der Waals surface area contributed by atoms with Crippen LogP contribution in [0, 0.1) is 15.9 Å². The van der Waals surface area contributed by atoms with E-state index in [1.807, 2.05) is 0 Å². The Kier molecular flexibility index (Phi) is 7.84.